The third kappa shape index (κ3) is 2.93. The van der Waals surface area contributed by atoms with Gasteiger partial charge in [0.15, 0.2) is 0 Å². The molecule has 1 heteroatoms. The van der Waals surface area contributed by atoms with Gasteiger partial charge in [0.05, 0.1) is 0 Å². The second-order valence-electron chi connectivity index (χ2n) is 5.37. The van der Waals surface area contributed by atoms with E-state index in [0.29, 0.717) is 0 Å². The molecule has 0 aliphatic rings. The topological polar surface area (TPSA) is 12.0 Å². The second kappa shape index (κ2) is 5.96. The Kier molecular flexibility index (Phi) is 4.29. The van der Waals surface area contributed by atoms with Crippen LogP contribution in [0.3, 0.4) is 0 Å². The van der Waals surface area contributed by atoms with Crippen LogP contribution in [0.4, 0.5) is 5.69 Å². The van der Waals surface area contributed by atoms with Gasteiger partial charge >= 0.3 is 0 Å². The maximum absolute atomic E-state index is 3.54. The summed E-state index contributed by atoms with van der Waals surface area (Å²) in [4.78, 5) is 0. The first-order valence-corrected chi connectivity index (χ1v) is 7.10. The zero-order valence-corrected chi connectivity index (χ0v) is 13.0. The largest absolute Gasteiger partial charge is 0.355 e. The van der Waals surface area contributed by atoms with Crippen molar-refractivity contribution in [2.24, 2.45) is 0 Å². The summed E-state index contributed by atoms with van der Waals surface area (Å²) < 4.78 is 0. The Morgan fingerprint density at radius 3 is 2.30 bits per heavy atom. The van der Waals surface area contributed by atoms with Crippen LogP contribution in [0.25, 0.3) is 5.70 Å². The Balaban J connectivity index is 2.34. The summed E-state index contributed by atoms with van der Waals surface area (Å²) in [6, 6.07) is 12.9. The summed E-state index contributed by atoms with van der Waals surface area (Å²) in [7, 11) is 0. The van der Waals surface area contributed by atoms with Crippen LogP contribution in [0, 0.1) is 27.7 Å². The summed E-state index contributed by atoms with van der Waals surface area (Å²) in [6.07, 6.45) is 2.14. The maximum Gasteiger partial charge on any atom is 0.0417 e. The smallest absolute Gasteiger partial charge is 0.0417 e. The minimum absolute atomic E-state index is 1.14. The molecule has 0 aliphatic carbocycles. The highest BCUT2D eigenvalue weighted by atomic mass is 14.9. The van der Waals surface area contributed by atoms with Gasteiger partial charge < -0.3 is 5.32 Å². The Labute approximate surface area is 122 Å². The molecule has 0 saturated heterocycles. The highest BCUT2D eigenvalue weighted by molar-refractivity contribution is 5.78. The minimum Gasteiger partial charge on any atom is -0.355 e. The van der Waals surface area contributed by atoms with E-state index in [-0.39, 0.29) is 0 Å². The van der Waals surface area contributed by atoms with Crippen molar-refractivity contribution in [1.29, 1.82) is 0 Å². The van der Waals surface area contributed by atoms with Crippen LogP contribution >= 0.6 is 0 Å². The number of nitrogens with one attached hydrogen (secondary N) is 1. The van der Waals surface area contributed by atoms with Crippen molar-refractivity contribution in [3.63, 3.8) is 0 Å². The van der Waals surface area contributed by atoms with E-state index in [2.05, 4.69) is 82.4 Å². The average molecular weight is 265 g/mol. The van der Waals surface area contributed by atoms with Gasteiger partial charge in [-0.05, 0) is 69.0 Å². The zero-order valence-electron chi connectivity index (χ0n) is 13.0. The molecule has 0 saturated carbocycles. The van der Waals surface area contributed by atoms with Gasteiger partial charge in [0.2, 0.25) is 0 Å². The monoisotopic (exact) mass is 265 g/mol. The molecule has 1 N–H and O–H groups in total. The number of rotatable bonds is 3. The van der Waals surface area contributed by atoms with Gasteiger partial charge in [-0.25, -0.2) is 0 Å². The molecule has 0 fully saturated rings. The molecule has 0 radical (unpaired) electrons. The van der Waals surface area contributed by atoms with Crippen molar-refractivity contribution in [3.05, 3.63) is 70.3 Å². The van der Waals surface area contributed by atoms with E-state index < -0.39 is 0 Å². The lowest BCUT2D eigenvalue weighted by atomic mass is 10.0. The van der Waals surface area contributed by atoms with Crippen molar-refractivity contribution in [2.75, 3.05) is 5.32 Å². The molecule has 2 aromatic rings. The van der Waals surface area contributed by atoms with Crippen LogP contribution in [0.5, 0.6) is 0 Å². The Morgan fingerprint density at radius 1 is 0.900 bits per heavy atom. The molecule has 0 unspecified atom stereocenters. The van der Waals surface area contributed by atoms with E-state index in [0.717, 1.165) is 11.4 Å². The predicted octanol–water partition coefficient (Wildman–Crippen LogP) is 5.39. The van der Waals surface area contributed by atoms with E-state index in [9.17, 15) is 0 Å². The normalized spacial score (nSPS) is 11.6. The lowest BCUT2D eigenvalue weighted by Crippen LogP contribution is -2.02. The fourth-order valence-corrected chi connectivity index (χ4v) is 2.31. The number of aryl methyl sites for hydroxylation is 3. The first-order chi connectivity index (χ1) is 9.52. The van der Waals surface area contributed by atoms with Crippen LogP contribution in [0.2, 0.25) is 0 Å². The Bertz CT molecular complexity index is 651. The Morgan fingerprint density at radius 2 is 1.65 bits per heavy atom. The predicted molar refractivity (Wildman–Crippen MR) is 89.1 cm³/mol. The maximum atomic E-state index is 3.54. The zero-order chi connectivity index (χ0) is 14.7. The van der Waals surface area contributed by atoms with Crippen molar-refractivity contribution >= 4 is 11.4 Å². The highest BCUT2D eigenvalue weighted by Gasteiger charge is 2.06. The number of hydrogen-bond donors (Lipinski definition) is 1. The first kappa shape index (κ1) is 14.4. The molecule has 0 bridgehead atoms. The minimum atomic E-state index is 1.14. The number of allylic oxidation sites excluding steroid dienone is 1. The molecule has 0 aliphatic heterocycles. The van der Waals surface area contributed by atoms with Gasteiger partial charge in [-0.1, -0.05) is 30.3 Å². The third-order valence-corrected chi connectivity index (χ3v) is 3.97. The molecule has 20 heavy (non-hydrogen) atoms. The standard InChI is InChI=1S/C19H23N/c1-6-19(18-9-7-8-14(3)16(18)5)20-17-11-10-13(2)15(4)12-17/h6-12,20H,1-5H3/b19-6+. The van der Waals surface area contributed by atoms with E-state index >= 15 is 0 Å². The van der Waals surface area contributed by atoms with Crippen molar-refractivity contribution in [2.45, 2.75) is 34.6 Å². The number of hydrogen-bond acceptors (Lipinski definition) is 1. The van der Waals surface area contributed by atoms with Crippen LogP contribution in [-0.4, -0.2) is 0 Å². The highest BCUT2D eigenvalue weighted by Crippen LogP contribution is 2.24. The molecule has 104 valence electrons. The number of anilines is 1. The van der Waals surface area contributed by atoms with Gasteiger partial charge in [0, 0.05) is 16.9 Å². The SMILES string of the molecule is C/C=C(/Nc1ccc(C)c(C)c1)c1cccc(C)c1C. The second-order valence-corrected chi connectivity index (χ2v) is 5.37. The summed E-state index contributed by atoms with van der Waals surface area (Å²) in [5, 5.41) is 3.54. The van der Waals surface area contributed by atoms with Crippen molar-refractivity contribution in [3.8, 4) is 0 Å². The Hall–Kier alpha value is -2.02. The van der Waals surface area contributed by atoms with Crippen molar-refractivity contribution in [1.82, 2.24) is 0 Å². The van der Waals surface area contributed by atoms with Gasteiger partial charge in [-0.2, -0.15) is 0 Å². The van der Waals surface area contributed by atoms with Crippen LogP contribution in [-0.2, 0) is 0 Å². The molecule has 1 nitrogen and oxygen atoms in total. The summed E-state index contributed by atoms with van der Waals surface area (Å²) in [5.74, 6) is 0. The van der Waals surface area contributed by atoms with Crippen LogP contribution < -0.4 is 5.32 Å². The molecule has 0 spiro atoms. The first-order valence-electron chi connectivity index (χ1n) is 7.10. The van der Waals surface area contributed by atoms with Gasteiger partial charge in [-0.15, -0.1) is 0 Å². The molecule has 2 aromatic carbocycles. The van der Waals surface area contributed by atoms with Gasteiger partial charge in [-0.3, -0.25) is 0 Å². The van der Waals surface area contributed by atoms with Crippen LogP contribution in [0.1, 0.15) is 34.7 Å². The van der Waals surface area contributed by atoms with E-state index in [1.54, 1.807) is 0 Å². The van der Waals surface area contributed by atoms with E-state index in [1.807, 2.05) is 0 Å². The quantitative estimate of drug-likeness (QED) is 0.784. The third-order valence-electron chi connectivity index (χ3n) is 3.97. The van der Waals surface area contributed by atoms with E-state index in [1.165, 1.54) is 27.8 Å². The average Bonchev–Trinajstić information content (AvgIpc) is 2.43. The van der Waals surface area contributed by atoms with Gasteiger partial charge in [0.1, 0.15) is 0 Å². The van der Waals surface area contributed by atoms with Crippen molar-refractivity contribution < 1.29 is 0 Å². The fraction of sp³-hybridized carbons (Fsp3) is 0.263. The molecular formula is C19H23N. The molecule has 2 rings (SSSR count). The number of benzene rings is 2. The molecule has 0 aromatic heterocycles. The fourth-order valence-electron chi connectivity index (χ4n) is 2.31. The summed E-state index contributed by atoms with van der Waals surface area (Å²) in [5.41, 5.74) is 8.86. The van der Waals surface area contributed by atoms with E-state index in [4.69, 9.17) is 0 Å². The lowest BCUT2D eigenvalue weighted by Gasteiger charge is -2.15. The summed E-state index contributed by atoms with van der Waals surface area (Å²) >= 11 is 0. The molecule has 0 amide bonds. The van der Waals surface area contributed by atoms with Gasteiger partial charge in [0.25, 0.3) is 0 Å². The molecule has 0 heterocycles. The summed E-state index contributed by atoms with van der Waals surface area (Å²) in [6.45, 7) is 10.7. The lowest BCUT2D eigenvalue weighted by molar-refractivity contribution is 1.30. The molecule has 0 atom stereocenters. The molecular weight excluding hydrogens is 242 g/mol. The van der Waals surface area contributed by atoms with Crippen LogP contribution in [0.15, 0.2) is 42.5 Å².